The number of hydrogen-bond donors (Lipinski definition) is 4. The molecule has 4 amide bonds. The summed E-state index contributed by atoms with van der Waals surface area (Å²) in [6.07, 6.45) is 4.94. The summed E-state index contributed by atoms with van der Waals surface area (Å²) in [4.78, 5) is 69.7. The van der Waals surface area contributed by atoms with Crippen molar-refractivity contribution in [3.8, 4) is 11.5 Å². The molecule has 6 N–H and O–H groups in total. The molecule has 55 heavy (non-hydrogen) atoms. The Morgan fingerprint density at radius 3 is 1.47 bits per heavy atom. The Morgan fingerprint density at radius 1 is 0.673 bits per heavy atom. The summed E-state index contributed by atoms with van der Waals surface area (Å²) in [6.45, 7) is 7.63. The second kappa shape index (κ2) is 14.8. The van der Waals surface area contributed by atoms with E-state index in [9.17, 15) is 19.2 Å². The van der Waals surface area contributed by atoms with Gasteiger partial charge in [0.2, 0.25) is 35.2 Å². The maximum atomic E-state index is 13.5. The molecule has 5 heterocycles. The predicted octanol–water partition coefficient (Wildman–Crippen LogP) is 4.22. The summed E-state index contributed by atoms with van der Waals surface area (Å²) in [5, 5.41) is 5.69. The second-order valence-corrected chi connectivity index (χ2v) is 12.7. The Bertz CT molecular complexity index is 2370. The van der Waals surface area contributed by atoms with Crippen molar-refractivity contribution >= 4 is 57.6 Å². The molecule has 0 spiro atoms. The minimum atomic E-state index is -0.688. The number of hydrogen-bond acceptors (Lipinski definition) is 12. The van der Waals surface area contributed by atoms with Crippen LogP contribution in [0.3, 0.4) is 0 Å². The predicted molar refractivity (Wildman–Crippen MR) is 198 cm³/mol. The highest BCUT2D eigenvalue weighted by Crippen LogP contribution is 2.34. The molecule has 284 valence electrons. The highest BCUT2D eigenvalue weighted by Gasteiger charge is 2.25. The third kappa shape index (κ3) is 7.08. The van der Waals surface area contributed by atoms with E-state index in [4.69, 9.17) is 29.8 Å². The molecule has 18 heteroatoms. The number of anilines is 2. The third-order valence-corrected chi connectivity index (χ3v) is 8.87. The van der Waals surface area contributed by atoms with Crippen LogP contribution in [0.15, 0.2) is 45.3 Å². The minimum absolute atomic E-state index is 0.0604. The number of benzene rings is 2. The molecule has 0 unspecified atom stereocenters. The van der Waals surface area contributed by atoms with Crippen LogP contribution in [-0.4, -0.2) is 65.9 Å². The zero-order chi connectivity index (χ0) is 39.0. The van der Waals surface area contributed by atoms with Crippen LogP contribution < -0.4 is 31.6 Å². The van der Waals surface area contributed by atoms with Crippen LogP contribution in [0.4, 0.5) is 11.9 Å². The zero-order valence-corrected chi connectivity index (χ0v) is 30.5. The Kier molecular flexibility index (Phi) is 9.79. The van der Waals surface area contributed by atoms with Gasteiger partial charge in [-0.15, -0.1) is 0 Å². The molecule has 0 saturated carbocycles. The molecule has 0 fully saturated rings. The minimum Gasteiger partial charge on any atom is -0.491 e. The number of carbonyl (C=O) groups is 4. The first kappa shape index (κ1) is 36.4. The molecule has 7 rings (SSSR count). The van der Waals surface area contributed by atoms with E-state index in [0.29, 0.717) is 76.0 Å². The molecule has 1 aliphatic heterocycles. The molecule has 18 nitrogen and oxygen atoms in total. The van der Waals surface area contributed by atoms with Crippen LogP contribution in [0.2, 0.25) is 0 Å². The number of rotatable bonds is 8. The number of aryl methyl sites for hydroxylation is 4. The lowest BCUT2D eigenvalue weighted by Crippen LogP contribution is -2.17. The molecule has 6 aromatic rings. The summed E-state index contributed by atoms with van der Waals surface area (Å²) in [6, 6.07) is 6.10. The fourth-order valence-corrected chi connectivity index (χ4v) is 6.39. The molecule has 4 aromatic heterocycles. The smallest absolute Gasteiger partial charge is 0.295 e. The monoisotopic (exact) mass is 750 g/mol. The fraction of sp³-hybridized carbons (Fsp3) is 0.297. The number of amides is 4. The van der Waals surface area contributed by atoms with E-state index in [1.54, 1.807) is 23.0 Å². The Hall–Kier alpha value is -6.98. The van der Waals surface area contributed by atoms with E-state index < -0.39 is 23.6 Å². The first-order valence-corrected chi connectivity index (χ1v) is 17.6. The molecular weight excluding hydrogens is 712 g/mol. The van der Waals surface area contributed by atoms with Crippen LogP contribution >= 0.6 is 0 Å². The van der Waals surface area contributed by atoms with E-state index in [2.05, 4.69) is 30.6 Å². The lowest BCUT2D eigenvalue weighted by Gasteiger charge is -2.13. The number of ether oxygens (including phenoxy) is 2. The third-order valence-electron chi connectivity index (χ3n) is 8.87. The molecule has 0 radical (unpaired) electrons. The van der Waals surface area contributed by atoms with Gasteiger partial charge in [0, 0.05) is 44.5 Å². The van der Waals surface area contributed by atoms with Crippen molar-refractivity contribution in [1.82, 2.24) is 29.1 Å². The van der Waals surface area contributed by atoms with Crippen LogP contribution in [0.1, 0.15) is 85.3 Å². The molecular formula is C37H38N10O8. The lowest BCUT2D eigenvalue weighted by molar-refractivity contribution is 0.0985. The van der Waals surface area contributed by atoms with Crippen molar-refractivity contribution in [1.29, 1.82) is 0 Å². The summed E-state index contributed by atoms with van der Waals surface area (Å²) in [7, 11) is 0. The van der Waals surface area contributed by atoms with Crippen molar-refractivity contribution in [2.24, 2.45) is 11.5 Å². The van der Waals surface area contributed by atoms with Gasteiger partial charge in [-0.25, -0.2) is 19.9 Å². The number of imidazole rings is 2. The number of oxazole rings is 2. The maximum Gasteiger partial charge on any atom is 0.295 e. The van der Waals surface area contributed by atoms with Gasteiger partial charge in [-0.2, -0.15) is 0 Å². The Balaban J connectivity index is 1.32. The van der Waals surface area contributed by atoms with Crippen LogP contribution in [0.5, 0.6) is 11.5 Å². The van der Waals surface area contributed by atoms with E-state index in [1.165, 1.54) is 24.3 Å². The zero-order valence-electron chi connectivity index (χ0n) is 30.5. The Labute approximate surface area is 312 Å². The number of nitrogens with zero attached hydrogens (tertiary/aromatic N) is 6. The van der Waals surface area contributed by atoms with Gasteiger partial charge in [0.1, 0.15) is 22.5 Å². The molecule has 1 aliphatic rings. The standard InChI is InChI=1S/C37H38N10O8/c1-5-22-30(54-18(3)40-22)34(50)44-36-42-24-14-20(32(38)48)16-26-28(24)46(36)10-7-8-11-47-29-25(15-21(33(39)49)17-27(29)53-13-9-12-52-26)43-37(47)45-35(51)31-23(6-2)41-19(4)55-31/h7-8,14-17H,5-6,9-13H2,1-4H3,(H2,38,48)(H2,39,49)(H,42,44,50)(H,43,45,51)/b8-7+. The number of nitrogens with one attached hydrogen (secondary N) is 2. The lowest BCUT2D eigenvalue weighted by atomic mass is 10.1. The molecule has 2 aromatic carbocycles. The van der Waals surface area contributed by atoms with Gasteiger partial charge < -0.3 is 38.9 Å². The quantitative estimate of drug-likeness (QED) is 0.160. The summed E-state index contributed by atoms with van der Waals surface area (Å²) in [5.74, 6) is -0.763. The van der Waals surface area contributed by atoms with Gasteiger partial charge in [-0.3, -0.25) is 29.8 Å². The SMILES string of the molecule is CCc1nc(C)oc1C(=O)Nc1nc2cc(C(N)=O)cc3c2n1C/C=C/Cn1c(NC(=O)c2oc(C)nc2CC)nc2cc(C(N)=O)cc(c21)OCCCO3. The van der Waals surface area contributed by atoms with Gasteiger partial charge in [0.25, 0.3) is 11.8 Å². The highest BCUT2D eigenvalue weighted by atomic mass is 16.5. The number of carbonyl (C=O) groups excluding carboxylic acids is 4. The second-order valence-electron chi connectivity index (χ2n) is 12.7. The first-order chi connectivity index (χ1) is 26.4. The van der Waals surface area contributed by atoms with E-state index in [-0.39, 0.29) is 60.8 Å². The van der Waals surface area contributed by atoms with Gasteiger partial charge in [0.15, 0.2) is 11.8 Å². The topological polar surface area (TPSA) is 251 Å². The average molecular weight is 751 g/mol. The maximum absolute atomic E-state index is 13.5. The number of nitrogens with two attached hydrogens (primary N) is 2. The van der Waals surface area contributed by atoms with Crippen molar-refractivity contribution in [2.75, 3.05) is 23.8 Å². The van der Waals surface area contributed by atoms with Crippen LogP contribution in [0.25, 0.3) is 22.1 Å². The van der Waals surface area contributed by atoms with Crippen molar-refractivity contribution in [3.63, 3.8) is 0 Å². The number of aromatic nitrogens is 6. The van der Waals surface area contributed by atoms with Gasteiger partial charge >= 0.3 is 0 Å². The highest BCUT2D eigenvalue weighted by molar-refractivity contribution is 6.05. The van der Waals surface area contributed by atoms with Crippen LogP contribution in [0, 0.1) is 13.8 Å². The van der Waals surface area contributed by atoms with Gasteiger partial charge in [-0.05, 0) is 37.1 Å². The van der Waals surface area contributed by atoms with Crippen molar-refractivity contribution in [2.45, 2.75) is 60.0 Å². The number of allylic oxidation sites excluding steroid dienone is 2. The van der Waals surface area contributed by atoms with Crippen molar-refractivity contribution in [3.05, 3.63) is 82.2 Å². The normalized spacial score (nSPS) is 13.7. The molecule has 0 aliphatic carbocycles. The summed E-state index contributed by atoms with van der Waals surface area (Å²) >= 11 is 0. The van der Waals surface area contributed by atoms with Crippen molar-refractivity contribution < 1.29 is 37.5 Å². The van der Waals surface area contributed by atoms with Crippen LogP contribution in [-0.2, 0) is 25.9 Å². The number of primary amides is 2. The molecule has 0 bridgehead atoms. The summed E-state index contributed by atoms with van der Waals surface area (Å²) < 4.78 is 27.2. The first-order valence-electron chi connectivity index (χ1n) is 17.6. The van der Waals surface area contributed by atoms with E-state index >= 15 is 0 Å². The average Bonchev–Trinajstić information content (AvgIpc) is 3.91. The molecule has 0 saturated heterocycles. The van der Waals surface area contributed by atoms with E-state index in [1.807, 2.05) is 26.0 Å². The fourth-order valence-electron chi connectivity index (χ4n) is 6.39. The van der Waals surface area contributed by atoms with Gasteiger partial charge in [0.05, 0.1) is 35.6 Å². The Morgan fingerprint density at radius 2 is 1.09 bits per heavy atom. The summed E-state index contributed by atoms with van der Waals surface area (Å²) in [5.41, 5.74) is 14.3. The largest absolute Gasteiger partial charge is 0.491 e. The molecule has 0 atom stereocenters. The van der Waals surface area contributed by atoms with E-state index in [0.717, 1.165) is 0 Å². The van der Waals surface area contributed by atoms with Gasteiger partial charge in [-0.1, -0.05) is 26.0 Å².